The maximum Gasteiger partial charge on any atom is 0.341 e. The van der Waals surface area contributed by atoms with Gasteiger partial charge in [0, 0.05) is 24.1 Å². The molecular formula is C16H13N3O6. The van der Waals surface area contributed by atoms with Crippen LogP contribution in [0.15, 0.2) is 41.5 Å². The van der Waals surface area contributed by atoms with Crippen molar-refractivity contribution in [3.8, 4) is 22.7 Å². The lowest BCUT2D eigenvalue weighted by atomic mass is 10.1. The van der Waals surface area contributed by atoms with Gasteiger partial charge in [0.15, 0.2) is 6.61 Å². The predicted octanol–water partition coefficient (Wildman–Crippen LogP) is 0.915. The average Bonchev–Trinajstić information content (AvgIpc) is 3.00. The van der Waals surface area contributed by atoms with Gasteiger partial charge in [-0.15, -0.1) is 0 Å². The normalized spacial score (nSPS) is 10.6. The van der Waals surface area contributed by atoms with Crippen LogP contribution in [0.3, 0.4) is 0 Å². The summed E-state index contributed by atoms with van der Waals surface area (Å²) in [6.07, 6.45) is 2.99. The fraction of sp³-hybridized carbons (Fsp3) is 0.125. The van der Waals surface area contributed by atoms with E-state index in [0.717, 1.165) is 0 Å². The van der Waals surface area contributed by atoms with Crippen molar-refractivity contribution in [1.82, 2.24) is 14.8 Å². The molecule has 1 aromatic rings. The Bertz CT molecular complexity index is 974. The van der Waals surface area contributed by atoms with E-state index in [2.05, 4.69) is 10.2 Å². The Morgan fingerprint density at radius 2 is 2.12 bits per heavy atom. The van der Waals surface area contributed by atoms with Crippen LogP contribution in [0.2, 0.25) is 0 Å². The lowest BCUT2D eigenvalue weighted by Crippen LogP contribution is -2.12. The first-order valence-electron chi connectivity index (χ1n) is 7.13. The third-order valence-electron chi connectivity index (χ3n) is 3.44. The minimum absolute atomic E-state index is 0.121. The van der Waals surface area contributed by atoms with Gasteiger partial charge in [0.2, 0.25) is 0 Å². The van der Waals surface area contributed by atoms with Crippen LogP contribution < -0.4 is 10.3 Å². The Morgan fingerprint density at radius 3 is 2.84 bits per heavy atom. The molecule has 128 valence electrons. The molecule has 0 amide bonds. The zero-order valence-corrected chi connectivity index (χ0v) is 13.1. The van der Waals surface area contributed by atoms with E-state index in [1.54, 1.807) is 28.8 Å². The molecule has 0 saturated heterocycles. The molecule has 0 spiro atoms. The van der Waals surface area contributed by atoms with Crippen molar-refractivity contribution in [2.75, 3.05) is 13.7 Å². The fourth-order valence-corrected chi connectivity index (χ4v) is 2.32. The van der Waals surface area contributed by atoms with Crippen molar-refractivity contribution in [3.05, 3.63) is 52.6 Å². The van der Waals surface area contributed by atoms with Gasteiger partial charge in [0.05, 0.1) is 12.7 Å². The van der Waals surface area contributed by atoms with Gasteiger partial charge in [0.1, 0.15) is 17.0 Å². The van der Waals surface area contributed by atoms with Crippen molar-refractivity contribution >= 4 is 11.9 Å². The molecular weight excluding hydrogens is 330 g/mol. The van der Waals surface area contributed by atoms with E-state index in [9.17, 15) is 14.4 Å². The van der Waals surface area contributed by atoms with Gasteiger partial charge in [-0.05, 0) is 12.1 Å². The molecule has 25 heavy (non-hydrogen) atoms. The minimum atomic E-state index is -1.10. The molecule has 0 fully saturated rings. The van der Waals surface area contributed by atoms with Gasteiger partial charge in [-0.25, -0.2) is 14.7 Å². The maximum absolute atomic E-state index is 12.0. The molecule has 0 unspecified atom stereocenters. The van der Waals surface area contributed by atoms with Gasteiger partial charge in [-0.1, -0.05) is 6.07 Å². The second-order valence-corrected chi connectivity index (χ2v) is 5.07. The Labute approximate surface area is 140 Å². The summed E-state index contributed by atoms with van der Waals surface area (Å²) in [6.45, 7) is -0.479. The van der Waals surface area contributed by atoms with Gasteiger partial charge in [-0.2, -0.15) is 5.10 Å². The highest BCUT2D eigenvalue weighted by Crippen LogP contribution is 2.24. The van der Waals surface area contributed by atoms with Crippen LogP contribution in [-0.2, 0) is 9.53 Å². The molecule has 2 aliphatic rings. The average molecular weight is 343 g/mol. The number of carboxylic acid groups (broad SMARTS) is 1. The van der Waals surface area contributed by atoms with Crippen LogP contribution in [0.1, 0.15) is 10.4 Å². The third kappa shape index (κ3) is 3.20. The first-order chi connectivity index (χ1) is 12.0. The first-order valence-corrected chi connectivity index (χ1v) is 7.13. The van der Waals surface area contributed by atoms with Crippen LogP contribution in [0, 0.1) is 0 Å². The maximum atomic E-state index is 12.0. The van der Waals surface area contributed by atoms with Crippen LogP contribution >= 0.6 is 0 Å². The number of pyridine rings is 1. The third-order valence-corrected chi connectivity index (χ3v) is 3.44. The molecule has 0 radical (unpaired) electrons. The van der Waals surface area contributed by atoms with Crippen molar-refractivity contribution in [3.63, 3.8) is 0 Å². The molecule has 0 saturated carbocycles. The number of ether oxygens (including phenoxy) is 2. The summed E-state index contributed by atoms with van der Waals surface area (Å²) in [7, 11) is 1.23. The summed E-state index contributed by atoms with van der Waals surface area (Å²) in [4.78, 5) is 34.5. The smallest absolute Gasteiger partial charge is 0.341 e. The number of rotatable bonds is 5. The standard InChI is InChI=1S/C16H13N3O6/c1-24-16(23)12-7-19(6-11-14(12)17-18-15(11)22)9-3-2-4-10(5-9)25-8-13(20)21/h2-7H,8H2,1H3,(H,18,22)(H,20,21). The summed E-state index contributed by atoms with van der Waals surface area (Å²) in [5.41, 5.74) is 0.685. The van der Waals surface area contributed by atoms with Crippen molar-refractivity contribution < 1.29 is 24.2 Å². The molecule has 3 rings (SSSR count). The molecule has 2 N–H and O–H groups in total. The van der Waals surface area contributed by atoms with Crippen molar-refractivity contribution in [2.45, 2.75) is 0 Å². The Kier molecular flexibility index (Phi) is 4.21. The number of H-pyrrole nitrogens is 1. The number of hydrogen-bond donors (Lipinski definition) is 2. The number of aromatic amines is 1. The summed E-state index contributed by atoms with van der Waals surface area (Å²) in [5, 5.41) is 14.8. The monoisotopic (exact) mass is 343 g/mol. The van der Waals surface area contributed by atoms with Crippen molar-refractivity contribution in [2.24, 2.45) is 0 Å². The molecule has 0 aliphatic carbocycles. The number of carbonyl (C=O) groups is 2. The van der Waals surface area contributed by atoms with Crippen LogP contribution in [-0.4, -0.2) is 45.5 Å². The van der Waals surface area contributed by atoms with Gasteiger partial charge < -0.3 is 19.1 Å². The summed E-state index contributed by atoms with van der Waals surface area (Å²) < 4.78 is 11.4. The number of nitrogens with zero attached hydrogens (tertiary/aromatic N) is 2. The predicted molar refractivity (Wildman–Crippen MR) is 85.3 cm³/mol. The molecule has 2 aliphatic heterocycles. The van der Waals surface area contributed by atoms with Crippen LogP contribution in [0.4, 0.5) is 0 Å². The number of carbonyl (C=O) groups excluding carboxylic acids is 1. The first kappa shape index (κ1) is 16.2. The Balaban J connectivity index is 2.09. The van der Waals surface area contributed by atoms with E-state index < -0.39 is 24.1 Å². The minimum Gasteiger partial charge on any atom is -0.482 e. The molecule has 0 aromatic heterocycles. The number of nitrogens with one attached hydrogen (secondary N) is 1. The van der Waals surface area contributed by atoms with E-state index in [4.69, 9.17) is 14.6 Å². The molecule has 0 bridgehead atoms. The number of benzene rings is 1. The summed E-state index contributed by atoms with van der Waals surface area (Å²) in [6, 6.07) is 6.56. The van der Waals surface area contributed by atoms with Gasteiger partial charge >= 0.3 is 11.9 Å². The highest BCUT2D eigenvalue weighted by atomic mass is 16.5. The highest BCUT2D eigenvalue weighted by molar-refractivity contribution is 5.96. The number of hydrogen-bond acceptors (Lipinski definition) is 6. The Hall–Kier alpha value is -3.62. The van der Waals surface area contributed by atoms with Gasteiger partial charge in [-0.3, -0.25) is 4.79 Å². The van der Waals surface area contributed by atoms with E-state index in [1.165, 1.54) is 19.5 Å². The quantitative estimate of drug-likeness (QED) is 0.660. The van der Waals surface area contributed by atoms with Crippen molar-refractivity contribution in [1.29, 1.82) is 0 Å². The second kappa shape index (κ2) is 6.48. The fourth-order valence-electron chi connectivity index (χ4n) is 2.32. The van der Waals surface area contributed by atoms with Gasteiger partial charge in [0.25, 0.3) is 5.56 Å². The number of fused-ring (bicyclic) bond motifs is 1. The van der Waals surface area contributed by atoms with Crippen LogP contribution in [0.25, 0.3) is 16.9 Å². The lowest BCUT2D eigenvalue weighted by Gasteiger charge is -2.13. The zero-order chi connectivity index (χ0) is 18.0. The van der Waals surface area contributed by atoms with E-state index in [0.29, 0.717) is 11.4 Å². The SMILES string of the molecule is COC(=O)c1cn(-c2cccc(OCC(=O)O)c2)cc2c(=O)[nH]nc1-2. The Morgan fingerprint density at radius 1 is 1.32 bits per heavy atom. The summed E-state index contributed by atoms with van der Waals surface area (Å²) >= 11 is 0. The van der Waals surface area contributed by atoms with E-state index in [-0.39, 0.29) is 16.8 Å². The topological polar surface area (TPSA) is 124 Å². The zero-order valence-electron chi connectivity index (χ0n) is 13.1. The van der Waals surface area contributed by atoms with E-state index >= 15 is 0 Å². The molecule has 9 heteroatoms. The molecule has 2 heterocycles. The number of methoxy groups -OCH3 is 1. The second-order valence-electron chi connectivity index (χ2n) is 5.07. The van der Waals surface area contributed by atoms with E-state index in [1.807, 2.05) is 0 Å². The highest BCUT2D eigenvalue weighted by Gasteiger charge is 2.22. The lowest BCUT2D eigenvalue weighted by molar-refractivity contribution is -0.139. The molecule has 9 nitrogen and oxygen atoms in total. The summed E-state index contributed by atoms with van der Waals surface area (Å²) in [5.74, 6) is -1.40. The largest absolute Gasteiger partial charge is 0.482 e. The number of aliphatic carboxylic acids is 1. The number of esters is 1. The van der Waals surface area contributed by atoms with Crippen LogP contribution in [0.5, 0.6) is 5.75 Å². The number of carboxylic acids is 1. The molecule has 0 atom stereocenters. The number of aromatic nitrogens is 3. The molecule has 1 aromatic carbocycles.